The summed E-state index contributed by atoms with van der Waals surface area (Å²) in [6, 6.07) is 2.52. The monoisotopic (exact) mass is 425 g/mol. The molecule has 2 aliphatic rings. The van der Waals surface area contributed by atoms with Crippen molar-refractivity contribution in [1.29, 1.82) is 0 Å². The minimum Gasteiger partial charge on any atom is -0.857 e. The molecule has 8 heteroatoms. The molecule has 2 aliphatic carbocycles. The van der Waals surface area contributed by atoms with Crippen molar-refractivity contribution >= 4 is 39.0 Å². The summed E-state index contributed by atoms with van der Waals surface area (Å²) in [7, 11) is 0. The van der Waals surface area contributed by atoms with Crippen LogP contribution in [0.2, 0.25) is 0 Å². The van der Waals surface area contributed by atoms with Crippen LogP contribution in [0.5, 0.6) is 0 Å². The molecule has 0 radical (unpaired) electrons. The summed E-state index contributed by atoms with van der Waals surface area (Å²) in [5.41, 5.74) is 9.55. The smallest absolute Gasteiger partial charge is 0.320 e. The van der Waals surface area contributed by atoms with Crippen molar-refractivity contribution in [1.82, 2.24) is 10.3 Å². The van der Waals surface area contributed by atoms with Gasteiger partial charge in [0.25, 0.3) is 6.20 Å². The molecule has 3 aromatic rings. The normalized spacial score (nSPS) is 20.0. The van der Waals surface area contributed by atoms with Gasteiger partial charge in [-0.1, -0.05) is 27.2 Å². The maximum absolute atomic E-state index is 12.8. The van der Waals surface area contributed by atoms with Gasteiger partial charge in [0.05, 0.1) is 10.6 Å². The van der Waals surface area contributed by atoms with E-state index in [0.29, 0.717) is 27.9 Å². The van der Waals surface area contributed by atoms with Crippen LogP contribution in [0, 0.1) is 11.3 Å². The van der Waals surface area contributed by atoms with Crippen molar-refractivity contribution in [3.63, 3.8) is 0 Å². The highest BCUT2D eigenvalue weighted by atomic mass is 32.1. The molecule has 0 saturated heterocycles. The molecule has 5 rings (SSSR count). The van der Waals surface area contributed by atoms with E-state index in [-0.39, 0.29) is 5.88 Å². The number of nitrogen functional groups attached to an aromatic ring is 1. The summed E-state index contributed by atoms with van der Waals surface area (Å²) in [5.74, 6) is 0.438. The zero-order chi connectivity index (χ0) is 21.0. The Balaban J connectivity index is 1.47. The van der Waals surface area contributed by atoms with E-state index in [1.807, 2.05) is 0 Å². The van der Waals surface area contributed by atoms with Crippen LogP contribution in [0.15, 0.2) is 21.8 Å². The Morgan fingerprint density at radius 2 is 2.20 bits per heavy atom. The predicted molar refractivity (Wildman–Crippen MR) is 115 cm³/mol. The van der Waals surface area contributed by atoms with Crippen molar-refractivity contribution in [3.8, 4) is 0 Å². The summed E-state index contributed by atoms with van der Waals surface area (Å²) in [4.78, 5) is 10.2. The average Bonchev–Trinajstić information content (AvgIpc) is 3.40. The third kappa shape index (κ3) is 3.37. The number of nitrogens with zero attached hydrogens (tertiary/aromatic N) is 4. The molecular formula is C22H27N5O2S. The number of aliphatic imine (C=N–C) groups is 1. The highest BCUT2D eigenvalue weighted by Crippen LogP contribution is 2.42. The molecule has 0 spiro atoms. The van der Waals surface area contributed by atoms with Crippen LogP contribution in [-0.2, 0) is 12.8 Å². The molecule has 0 aliphatic heterocycles. The van der Waals surface area contributed by atoms with E-state index in [9.17, 15) is 5.11 Å². The van der Waals surface area contributed by atoms with Crippen LogP contribution in [0.4, 0.5) is 11.6 Å². The Bertz CT molecular complexity index is 1140. The predicted octanol–water partition coefficient (Wildman–Crippen LogP) is 3.47. The molecule has 158 valence electrons. The number of nitrogens with two attached hydrogens (primary N) is 1. The average molecular weight is 426 g/mol. The molecule has 30 heavy (non-hydrogen) atoms. The van der Waals surface area contributed by atoms with Crippen LogP contribution < -0.4 is 15.5 Å². The first kappa shape index (κ1) is 19.5. The summed E-state index contributed by atoms with van der Waals surface area (Å²) in [6.07, 6.45) is 8.14. The molecule has 0 aromatic carbocycles. The lowest BCUT2D eigenvalue weighted by Gasteiger charge is -2.36. The maximum Gasteiger partial charge on any atom is 0.320 e. The second kappa shape index (κ2) is 7.04. The van der Waals surface area contributed by atoms with Gasteiger partial charge in [-0.05, 0) is 46.9 Å². The van der Waals surface area contributed by atoms with Crippen molar-refractivity contribution in [2.75, 3.05) is 5.73 Å². The maximum atomic E-state index is 12.8. The van der Waals surface area contributed by atoms with E-state index in [2.05, 4.69) is 37.1 Å². The number of anilines is 1. The first-order chi connectivity index (χ1) is 14.4. The molecule has 3 aromatic heterocycles. The first-order valence-electron chi connectivity index (χ1n) is 10.7. The van der Waals surface area contributed by atoms with Gasteiger partial charge in [-0.2, -0.15) is 0 Å². The Morgan fingerprint density at radius 3 is 2.93 bits per heavy atom. The Labute approximate surface area is 179 Å². The topological polar surface area (TPSA) is 104 Å². The third-order valence-corrected chi connectivity index (χ3v) is 8.00. The van der Waals surface area contributed by atoms with Crippen LogP contribution in [-0.4, -0.2) is 16.2 Å². The molecule has 3 heterocycles. The minimum absolute atomic E-state index is 0.209. The third-order valence-electron chi connectivity index (χ3n) is 6.90. The van der Waals surface area contributed by atoms with Gasteiger partial charge in [-0.15, -0.1) is 11.3 Å². The van der Waals surface area contributed by atoms with Crippen LogP contribution in [0.3, 0.4) is 0 Å². The minimum atomic E-state index is -0.405. The summed E-state index contributed by atoms with van der Waals surface area (Å²) < 4.78 is 6.91. The number of hydrogen-bond donors (Lipinski definition) is 1. The zero-order valence-electron chi connectivity index (χ0n) is 17.6. The molecule has 0 bridgehead atoms. The number of pyridine rings is 1. The quantitative estimate of drug-likeness (QED) is 0.383. The molecule has 0 amide bonds. The summed E-state index contributed by atoms with van der Waals surface area (Å²) in [6.45, 7) is 6.96. The molecule has 7 nitrogen and oxygen atoms in total. The standard InChI is InChI=1S/C22H27N5O2S/c1-4-22(2,3)13-5-8-16-12(9-13)10-15-18(23)19(30-21(15)24-16)20(28)25-17-11-27(26-29-17)14-6-7-14/h10-11,13-14H,4-9H2,1-3H3,(H2-,23,25,26,28). The van der Waals surface area contributed by atoms with Gasteiger partial charge in [-0.25, -0.2) is 9.98 Å². The van der Waals surface area contributed by atoms with Crippen LogP contribution in [0.25, 0.3) is 10.2 Å². The Hall–Kier alpha value is -2.48. The van der Waals surface area contributed by atoms with E-state index in [4.69, 9.17) is 15.2 Å². The van der Waals surface area contributed by atoms with Crippen LogP contribution >= 0.6 is 11.3 Å². The molecule has 1 unspecified atom stereocenters. The highest BCUT2D eigenvalue weighted by Gasteiger charge is 2.35. The Morgan fingerprint density at radius 1 is 1.40 bits per heavy atom. The van der Waals surface area contributed by atoms with Gasteiger partial charge in [0, 0.05) is 29.8 Å². The van der Waals surface area contributed by atoms with E-state index >= 15 is 0 Å². The number of fused-ring (bicyclic) bond motifs is 2. The van der Waals surface area contributed by atoms with Gasteiger partial charge < -0.3 is 10.8 Å². The largest absolute Gasteiger partial charge is 0.857 e. The van der Waals surface area contributed by atoms with E-state index in [1.165, 1.54) is 16.9 Å². The molecular weight excluding hydrogens is 398 g/mol. The SMILES string of the molecule is CCC(C)(C)C1CCc2nc3sc(/C([O-])=N/c4c[n+](C5CC5)no4)c(N)c3cc2C1. The number of aromatic nitrogens is 3. The van der Waals surface area contributed by atoms with Gasteiger partial charge in [0.2, 0.25) is 5.27 Å². The van der Waals surface area contributed by atoms with E-state index < -0.39 is 5.90 Å². The van der Waals surface area contributed by atoms with Crippen molar-refractivity contribution in [2.24, 2.45) is 16.3 Å². The fraction of sp³-hybridized carbons (Fsp3) is 0.545. The lowest BCUT2D eigenvalue weighted by molar-refractivity contribution is -0.765. The van der Waals surface area contributed by atoms with E-state index in [1.54, 1.807) is 10.9 Å². The summed E-state index contributed by atoms with van der Waals surface area (Å²) >= 11 is 1.31. The molecule has 1 saturated carbocycles. The lowest BCUT2D eigenvalue weighted by atomic mass is 9.69. The van der Waals surface area contributed by atoms with Crippen molar-refractivity contribution < 1.29 is 14.3 Å². The Kier molecular flexibility index (Phi) is 4.57. The fourth-order valence-corrected chi connectivity index (χ4v) is 5.25. The lowest BCUT2D eigenvalue weighted by Crippen LogP contribution is -2.32. The number of thiophene rings is 1. The number of hydrogen-bond acceptors (Lipinski definition) is 7. The second-order valence-corrected chi connectivity index (χ2v) is 10.2. The van der Waals surface area contributed by atoms with Crippen LogP contribution in [0.1, 0.15) is 68.6 Å². The van der Waals surface area contributed by atoms with Crippen molar-refractivity contribution in [2.45, 2.75) is 65.3 Å². The van der Waals surface area contributed by atoms with Gasteiger partial charge in [0.15, 0.2) is 6.04 Å². The van der Waals surface area contributed by atoms with E-state index in [0.717, 1.165) is 54.4 Å². The van der Waals surface area contributed by atoms with Gasteiger partial charge in [-0.3, -0.25) is 4.52 Å². The second-order valence-electron chi connectivity index (χ2n) is 9.24. The number of aryl methyl sites for hydroxylation is 1. The number of rotatable bonds is 5. The van der Waals surface area contributed by atoms with Crippen molar-refractivity contribution in [3.05, 3.63) is 28.4 Å². The summed E-state index contributed by atoms with van der Waals surface area (Å²) in [5, 5.41) is 17.6. The molecule has 2 N–H and O–H groups in total. The molecule has 1 atom stereocenters. The van der Waals surface area contributed by atoms with Gasteiger partial charge >= 0.3 is 5.88 Å². The van der Waals surface area contributed by atoms with Gasteiger partial charge in [0.1, 0.15) is 4.83 Å². The fourth-order valence-electron chi connectivity index (χ4n) is 4.27. The highest BCUT2D eigenvalue weighted by molar-refractivity contribution is 7.21. The molecule has 1 fully saturated rings. The zero-order valence-corrected chi connectivity index (χ0v) is 18.5. The first-order valence-corrected chi connectivity index (χ1v) is 11.5.